The first-order chi connectivity index (χ1) is 13.5. The van der Waals surface area contributed by atoms with Crippen molar-refractivity contribution in [2.24, 2.45) is 0 Å². The highest BCUT2D eigenvalue weighted by atomic mass is 16.5. The van der Waals surface area contributed by atoms with Gasteiger partial charge in [-0.15, -0.1) is 0 Å². The van der Waals surface area contributed by atoms with Gasteiger partial charge in [0.15, 0.2) is 11.5 Å². The fourth-order valence-corrected chi connectivity index (χ4v) is 3.47. The van der Waals surface area contributed by atoms with Crippen LogP contribution in [0.3, 0.4) is 0 Å². The third kappa shape index (κ3) is 4.39. The molecule has 1 heterocycles. The van der Waals surface area contributed by atoms with Crippen LogP contribution in [0.25, 0.3) is 0 Å². The van der Waals surface area contributed by atoms with E-state index in [2.05, 4.69) is 22.3 Å². The van der Waals surface area contributed by atoms with Crippen molar-refractivity contribution < 1.29 is 19.0 Å². The number of amides is 1. The van der Waals surface area contributed by atoms with Gasteiger partial charge < -0.3 is 19.5 Å². The van der Waals surface area contributed by atoms with Crippen LogP contribution in [0.2, 0.25) is 0 Å². The number of hydrogen-bond donors (Lipinski definition) is 1. The number of carbonyl (C=O) groups is 1. The Hall–Kier alpha value is -2.73. The van der Waals surface area contributed by atoms with E-state index in [-0.39, 0.29) is 11.9 Å². The van der Waals surface area contributed by atoms with E-state index in [0.29, 0.717) is 23.8 Å². The maximum Gasteiger partial charge on any atom is 0.241 e. The minimum atomic E-state index is -0.253. The van der Waals surface area contributed by atoms with Gasteiger partial charge in [-0.3, -0.25) is 9.69 Å². The molecule has 6 heteroatoms. The van der Waals surface area contributed by atoms with Crippen LogP contribution in [0.15, 0.2) is 36.4 Å². The average Bonchev–Trinajstić information content (AvgIpc) is 2.72. The Labute approximate surface area is 166 Å². The molecule has 0 bridgehead atoms. The van der Waals surface area contributed by atoms with Crippen molar-refractivity contribution >= 4 is 11.6 Å². The first kappa shape index (κ1) is 20.0. The molecule has 0 fully saturated rings. The molecule has 28 heavy (non-hydrogen) atoms. The van der Waals surface area contributed by atoms with Crippen LogP contribution < -0.4 is 19.5 Å². The molecular weight excluding hydrogens is 356 g/mol. The van der Waals surface area contributed by atoms with Crippen molar-refractivity contribution in [2.45, 2.75) is 32.9 Å². The predicted molar refractivity (Wildman–Crippen MR) is 109 cm³/mol. The first-order valence-electron chi connectivity index (χ1n) is 9.57. The summed E-state index contributed by atoms with van der Waals surface area (Å²) in [4.78, 5) is 15.0. The molecule has 0 spiro atoms. The van der Waals surface area contributed by atoms with E-state index in [0.717, 1.165) is 25.3 Å². The number of methoxy groups -OCH3 is 2. The summed E-state index contributed by atoms with van der Waals surface area (Å²) < 4.78 is 16.2. The summed E-state index contributed by atoms with van der Waals surface area (Å²) in [5.41, 5.74) is 3.24. The number of nitrogens with one attached hydrogen (secondary N) is 1. The van der Waals surface area contributed by atoms with E-state index in [9.17, 15) is 4.79 Å². The summed E-state index contributed by atoms with van der Waals surface area (Å²) in [5.74, 6) is 2.05. The molecule has 2 aromatic rings. The van der Waals surface area contributed by atoms with Gasteiger partial charge >= 0.3 is 0 Å². The second kappa shape index (κ2) is 8.97. The quantitative estimate of drug-likeness (QED) is 0.792. The van der Waals surface area contributed by atoms with E-state index >= 15 is 0 Å². The van der Waals surface area contributed by atoms with Crippen molar-refractivity contribution in [3.8, 4) is 17.2 Å². The van der Waals surface area contributed by atoms with Crippen LogP contribution in [0.5, 0.6) is 17.2 Å². The van der Waals surface area contributed by atoms with Gasteiger partial charge in [0.2, 0.25) is 5.91 Å². The molecule has 6 nitrogen and oxygen atoms in total. The largest absolute Gasteiger partial charge is 0.494 e. The molecule has 3 rings (SSSR count). The smallest absolute Gasteiger partial charge is 0.241 e. The Morgan fingerprint density at radius 1 is 1.11 bits per heavy atom. The summed E-state index contributed by atoms with van der Waals surface area (Å²) in [6.45, 7) is 6.14. The number of benzene rings is 2. The molecule has 0 radical (unpaired) electrons. The molecule has 0 aliphatic carbocycles. The first-order valence-corrected chi connectivity index (χ1v) is 9.57. The van der Waals surface area contributed by atoms with Crippen molar-refractivity contribution in [3.05, 3.63) is 47.5 Å². The molecule has 0 saturated heterocycles. The number of fused-ring (bicyclic) bond motifs is 1. The van der Waals surface area contributed by atoms with Gasteiger partial charge in [0.25, 0.3) is 0 Å². The maximum absolute atomic E-state index is 12.8. The summed E-state index contributed by atoms with van der Waals surface area (Å²) in [5, 5.41) is 2.98. The lowest BCUT2D eigenvalue weighted by Gasteiger charge is -2.33. The molecule has 0 aromatic heterocycles. The topological polar surface area (TPSA) is 60.0 Å². The third-order valence-electron chi connectivity index (χ3n) is 5.11. The SMILES string of the molecule is CCOc1ccc2c(c1)CN(C(C)C(=O)Nc1ccc(OC)c(OC)c1)CC2. The number of anilines is 1. The zero-order chi connectivity index (χ0) is 20.1. The van der Waals surface area contributed by atoms with Crippen LogP contribution in [0, 0.1) is 0 Å². The fourth-order valence-electron chi connectivity index (χ4n) is 3.47. The number of ether oxygens (including phenoxy) is 3. The Morgan fingerprint density at radius 3 is 2.61 bits per heavy atom. The highest BCUT2D eigenvalue weighted by Gasteiger charge is 2.26. The summed E-state index contributed by atoms with van der Waals surface area (Å²) in [7, 11) is 3.16. The summed E-state index contributed by atoms with van der Waals surface area (Å²) >= 11 is 0. The van der Waals surface area contributed by atoms with Crippen LogP contribution in [-0.4, -0.2) is 44.2 Å². The molecular formula is C22H28N2O4. The van der Waals surface area contributed by atoms with Crippen LogP contribution in [0.1, 0.15) is 25.0 Å². The molecule has 0 saturated carbocycles. The summed E-state index contributed by atoms with van der Waals surface area (Å²) in [6, 6.07) is 11.3. The number of hydrogen-bond acceptors (Lipinski definition) is 5. The van der Waals surface area contributed by atoms with Crippen molar-refractivity contribution in [1.29, 1.82) is 0 Å². The van der Waals surface area contributed by atoms with E-state index in [1.165, 1.54) is 11.1 Å². The van der Waals surface area contributed by atoms with E-state index in [1.54, 1.807) is 26.4 Å². The van der Waals surface area contributed by atoms with Gasteiger partial charge in [0.05, 0.1) is 26.9 Å². The van der Waals surface area contributed by atoms with Gasteiger partial charge in [0, 0.05) is 24.8 Å². The standard InChI is InChI=1S/C22H28N2O4/c1-5-28-19-8-6-16-10-11-24(14-17(16)12-19)15(2)22(25)23-18-7-9-20(26-3)21(13-18)27-4/h6-9,12-13,15H,5,10-11,14H2,1-4H3,(H,23,25). The lowest BCUT2D eigenvalue weighted by molar-refractivity contribution is -0.121. The highest BCUT2D eigenvalue weighted by Crippen LogP contribution is 2.30. The Kier molecular flexibility index (Phi) is 6.41. The van der Waals surface area contributed by atoms with Crippen molar-refractivity contribution in [1.82, 2.24) is 4.90 Å². The lowest BCUT2D eigenvalue weighted by atomic mass is 9.98. The van der Waals surface area contributed by atoms with Crippen LogP contribution in [-0.2, 0) is 17.8 Å². The van der Waals surface area contributed by atoms with Crippen LogP contribution in [0.4, 0.5) is 5.69 Å². The average molecular weight is 384 g/mol. The minimum absolute atomic E-state index is 0.0448. The van der Waals surface area contributed by atoms with E-state index in [1.807, 2.05) is 26.0 Å². The Bertz CT molecular complexity index is 837. The van der Waals surface area contributed by atoms with Gasteiger partial charge in [0.1, 0.15) is 5.75 Å². The van der Waals surface area contributed by atoms with Gasteiger partial charge in [-0.05, 0) is 55.7 Å². The lowest BCUT2D eigenvalue weighted by Crippen LogP contribution is -2.44. The highest BCUT2D eigenvalue weighted by molar-refractivity contribution is 5.94. The molecule has 1 aliphatic heterocycles. The molecule has 1 atom stereocenters. The predicted octanol–water partition coefficient (Wildman–Crippen LogP) is 3.49. The fraction of sp³-hybridized carbons (Fsp3) is 0.409. The molecule has 1 aliphatic rings. The van der Waals surface area contributed by atoms with Crippen LogP contribution >= 0.6 is 0 Å². The van der Waals surface area contributed by atoms with E-state index in [4.69, 9.17) is 14.2 Å². The maximum atomic E-state index is 12.8. The molecule has 1 amide bonds. The molecule has 150 valence electrons. The number of nitrogens with zero attached hydrogens (tertiary/aromatic N) is 1. The van der Waals surface area contributed by atoms with Crippen molar-refractivity contribution in [2.75, 3.05) is 32.7 Å². The number of carbonyl (C=O) groups excluding carboxylic acids is 1. The Balaban J connectivity index is 1.68. The molecule has 1 unspecified atom stereocenters. The third-order valence-corrected chi connectivity index (χ3v) is 5.11. The zero-order valence-corrected chi connectivity index (χ0v) is 17.0. The minimum Gasteiger partial charge on any atom is -0.494 e. The number of rotatable bonds is 7. The normalized spacial score (nSPS) is 14.7. The molecule has 2 aromatic carbocycles. The zero-order valence-electron chi connectivity index (χ0n) is 17.0. The van der Waals surface area contributed by atoms with Gasteiger partial charge in [-0.1, -0.05) is 6.07 Å². The van der Waals surface area contributed by atoms with E-state index < -0.39 is 0 Å². The monoisotopic (exact) mass is 384 g/mol. The Morgan fingerprint density at radius 2 is 1.89 bits per heavy atom. The van der Waals surface area contributed by atoms with Gasteiger partial charge in [-0.2, -0.15) is 0 Å². The second-order valence-corrected chi connectivity index (χ2v) is 6.82. The van der Waals surface area contributed by atoms with Crippen molar-refractivity contribution in [3.63, 3.8) is 0 Å². The second-order valence-electron chi connectivity index (χ2n) is 6.82. The molecule has 1 N–H and O–H groups in total. The summed E-state index contributed by atoms with van der Waals surface area (Å²) in [6.07, 6.45) is 0.926. The van der Waals surface area contributed by atoms with Gasteiger partial charge in [-0.25, -0.2) is 0 Å².